The van der Waals surface area contributed by atoms with Gasteiger partial charge in [-0.05, 0) is 29.7 Å². The van der Waals surface area contributed by atoms with Crippen LogP contribution in [-0.2, 0) is 16.0 Å². The normalized spacial score (nSPS) is 10.5. The minimum Gasteiger partial charge on any atom is -0.496 e. The first kappa shape index (κ1) is 18.4. The van der Waals surface area contributed by atoms with E-state index in [0.29, 0.717) is 23.7 Å². The average Bonchev–Trinajstić information content (AvgIpc) is 2.66. The van der Waals surface area contributed by atoms with Crippen LogP contribution in [0.1, 0.15) is 17.5 Å². The zero-order valence-electron chi connectivity index (χ0n) is 14.7. The monoisotopic (exact) mass is 342 g/mol. The lowest BCUT2D eigenvalue weighted by Crippen LogP contribution is -2.03. The van der Waals surface area contributed by atoms with Gasteiger partial charge in [-0.15, -0.1) is 0 Å². The molecule has 2 aromatic carbocycles. The summed E-state index contributed by atoms with van der Waals surface area (Å²) in [6.45, 7) is 0. The van der Waals surface area contributed by atoms with E-state index < -0.39 is 0 Å². The van der Waals surface area contributed by atoms with E-state index in [1.165, 1.54) is 6.26 Å². The molecule has 0 fully saturated rings. The third-order valence-corrected chi connectivity index (χ3v) is 3.64. The van der Waals surface area contributed by atoms with E-state index in [4.69, 9.17) is 18.9 Å². The molecule has 25 heavy (non-hydrogen) atoms. The topological polar surface area (TPSA) is 54.0 Å². The zero-order chi connectivity index (χ0) is 18.1. The molecule has 0 aliphatic carbocycles. The van der Waals surface area contributed by atoms with Crippen LogP contribution in [0.4, 0.5) is 0 Å². The van der Waals surface area contributed by atoms with Crippen molar-refractivity contribution in [2.45, 2.75) is 12.8 Å². The molecule has 0 heterocycles. The van der Waals surface area contributed by atoms with Gasteiger partial charge in [-0.25, -0.2) is 0 Å². The van der Waals surface area contributed by atoms with Gasteiger partial charge in [-0.3, -0.25) is 4.79 Å². The molecule has 0 atom stereocenters. The Morgan fingerprint density at radius 1 is 0.920 bits per heavy atom. The van der Waals surface area contributed by atoms with E-state index in [9.17, 15) is 4.79 Å². The van der Waals surface area contributed by atoms with Crippen LogP contribution < -0.4 is 14.2 Å². The Morgan fingerprint density at radius 2 is 1.56 bits per heavy atom. The third-order valence-electron chi connectivity index (χ3n) is 3.64. The second-order valence-electron chi connectivity index (χ2n) is 5.22. The molecule has 132 valence electrons. The Bertz CT molecular complexity index is 722. The summed E-state index contributed by atoms with van der Waals surface area (Å²) < 4.78 is 21.0. The summed E-state index contributed by atoms with van der Waals surface area (Å²) in [5, 5.41) is 0. The first-order chi connectivity index (χ1) is 12.2. The number of esters is 1. The maximum atomic E-state index is 11.9. The quantitative estimate of drug-likeness (QED) is 0.539. The standard InChI is InChI=1S/C20H22O5/c1-22-17-14-19(24-3)18(23-2)13-16(17)9-10-20(21)25-12-11-15-7-5-4-6-8-15/h4-8,11-14H,9-10H2,1-3H3. The van der Waals surface area contributed by atoms with Crippen molar-refractivity contribution in [2.24, 2.45) is 0 Å². The van der Waals surface area contributed by atoms with E-state index >= 15 is 0 Å². The fraction of sp³-hybridized carbons (Fsp3) is 0.250. The molecule has 0 spiro atoms. The second-order valence-corrected chi connectivity index (χ2v) is 5.22. The van der Waals surface area contributed by atoms with Gasteiger partial charge >= 0.3 is 5.97 Å². The lowest BCUT2D eigenvalue weighted by atomic mass is 10.1. The van der Waals surface area contributed by atoms with Crippen LogP contribution in [0.2, 0.25) is 0 Å². The van der Waals surface area contributed by atoms with Gasteiger partial charge in [0.05, 0.1) is 34.0 Å². The number of methoxy groups -OCH3 is 3. The van der Waals surface area contributed by atoms with Crippen molar-refractivity contribution in [2.75, 3.05) is 21.3 Å². The van der Waals surface area contributed by atoms with Gasteiger partial charge in [0, 0.05) is 6.07 Å². The van der Waals surface area contributed by atoms with E-state index in [0.717, 1.165) is 11.1 Å². The molecule has 5 nitrogen and oxygen atoms in total. The Labute approximate surface area is 147 Å². The lowest BCUT2D eigenvalue weighted by molar-refractivity contribution is -0.137. The first-order valence-electron chi connectivity index (χ1n) is 7.88. The average molecular weight is 342 g/mol. The summed E-state index contributed by atoms with van der Waals surface area (Å²) >= 11 is 0. The fourth-order valence-electron chi connectivity index (χ4n) is 2.34. The van der Waals surface area contributed by atoms with E-state index in [1.807, 2.05) is 36.4 Å². The molecular weight excluding hydrogens is 320 g/mol. The van der Waals surface area contributed by atoms with E-state index in [-0.39, 0.29) is 12.4 Å². The van der Waals surface area contributed by atoms with Crippen molar-refractivity contribution in [3.8, 4) is 17.2 Å². The van der Waals surface area contributed by atoms with Crippen LogP contribution >= 0.6 is 0 Å². The molecule has 2 rings (SSSR count). The maximum absolute atomic E-state index is 11.9. The van der Waals surface area contributed by atoms with Crippen LogP contribution in [-0.4, -0.2) is 27.3 Å². The molecule has 0 saturated carbocycles. The van der Waals surface area contributed by atoms with Crippen LogP contribution in [0.3, 0.4) is 0 Å². The SMILES string of the molecule is COc1cc(OC)c(OC)cc1CCC(=O)OC=Cc1ccccc1. The summed E-state index contributed by atoms with van der Waals surface area (Å²) in [5.41, 5.74) is 1.82. The Morgan fingerprint density at radius 3 is 2.20 bits per heavy atom. The van der Waals surface area contributed by atoms with Crippen LogP contribution in [0.15, 0.2) is 48.7 Å². The number of rotatable bonds is 8. The van der Waals surface area contributed by atoms with Crippen LogP contribution in [0.5, 0.6) is 17.2 Å². The highest BCUT2D eigenvalue weighted by atomic mass is 16.5. The Kier molecular flexibility index (Phi) is 6.89. The molecule has 0 bridgehead atoms. The maximum Gasteiger partial charge on any atom is 0.310 e. The lowest BCUT2D eigenvalue weighted by Gasteiger charge is -2.13. The molecule has 0 saturated heterocycles. The molecule has 0 unspecified atom stereocenters. The Balaban J connectivity index is 1.95. The van der Waals surface area contributed by atoms with Crippen molar-refractivity contribution < 1.29 is 23.7 Å². The summed E-state index contributed by atoms with van der Waals surface area (Å²) in [6.07, 6.45) is 3.85. The number of ether oxygens (including phenoxy) is 4. The van der Waals surface area contributed by atoms with Crippen molar-refractivity contribution >= 4 is 12.0 Å². The second kappa shape index (κ2) is 9.37. The molecule has 0 aromatic heterocycles. The molecule has 0 aliphatic heterocycles. The van der Waals surface area contributed by atoms with E-state index in [2.05, 4.69) is 0 Å². The minimum atomic E-state index is -0.316. The third kappa shape index (κ3) is 5.28. The number of hydrogen-bond acceptors (Lipinski definition) is 5. The predicted molar refractivity (Wildman–Crippen MR) is 96.0 cm³/mol. The largest absolute Gasteiger partial charge is 0.496 e. The predicted octanol–water partition coefficient (Wildman–Crippen LogP) is 3.86. The van der Waals surface area contributed by atoms with Gasteiger partial charge in [0.25, 0.3) is 0 Å². The van der Waals surface area contributed by atoms with Gasteiger partial charge in [0.2, 0.25) is 0 Å². The molecule has 0 amide bonds. The highest BCUT2D eigenvalue weighted by Crippen LogP contribution is 2.35. The number of benzene rings is 2. The van der Waals surface area contributed by atoms with Gasteiger partial charge in [0.15, 0.2) is 11.5 Å². The first-order valence-corrected chi connectivity index (χ1v) is 7.88. The zero-order valence-corrected chi connectivity index (χ0v) is 14.7. The highest BCUT2D eigenvalue weighted by molar-refractivity contribution is 5.71. The summed E-state index contributed by atoms with van der Waals surface area (Å²) in [7, 11) is 4.70. The van der Waals surface area contributed by atoms with Crippen LogP contribution in [0.25, 0.3) is 6.08 Å². The molecule has 0 radical (unpaired) electrons. The minimum absolute atomic E-state index is 0.227. The van der Waals surface area contributed by atoms with Gasteiger partial charge < -0.3 is 18.9 Å². The van der Waals surface area contributed by atoms with Crippen molar-refractivity contribution in [1.29, 1.82) is 0 Å². The molecule has 0 N–H and O–H groups in total. The number of carbonyl (C=O) groups excluding carboxylic acids is 1. The van der Waals surface area contributed by atoms with Gasteiger partial charge in [0.1, 0.15) is 5.75 Å². The van der Waals surface area contributed by atoms with Gasteiger partial charge in [-0.2, -0.15) is 0 Å². The molecule has 5 heteroatoms. The summed E-state index contributed by atoms with van der Waals surface area (Å²) in [4.78, 5) is 11.9. The fourth-order valence-corrected chi connectivity index (χ4v) is 2.34. The summed E-state index contributed by atoms with van der Waals surface area (Å²) in [6, 6.07) is 13.2. The van der Waals surface area contributed by atoms with Crippen molar-refractivity contribution in [3.05, 3.63) is 59.9 Å². The molecule has 2 aromatic rings. The number of aryl methyl sites for hydroxylation is 1. The number of hydrogen-bond donors (Lipinski definition) is 0. The smallest absolute Gasteiger partial charge is 0.310 e. The Hall–Kier alpha value is -2.95. The summed E-state index contributed by atoms with van der Waals surface area (Å²) in [5.74, 6) is 1.50. The molecular formula is C20H22O5. The molecule has 0 aliphatic rings. The van der Waals surface area contributed by atoms with Crippen molar-refractivity contribution in [3.63, 3.8) is 0 Å². The van der Waals surface area contributed by atoms with E-state index in [1.54, 1.807) is 33.5 Å². The van der Waals surface area contributed by atoms with Crippen molar-refractivity contribution in [1.82, 2.24) is 0 Å². The number of carbonyl (C=O) groups is 1. The van der Waals surface area contributed by atoms with Crippen LogP contribution in [0, 0.1) is 0 Å². The highest BCUT2D eigenvalue weighted by Gasteiger charge is 2.13. The van der Waals surface area contributed by atoms with Gasteiger partial charge in [-0.1, -0.05) is 30.3 Å².